The zero-order valence-electron chi connectivity index (χ0n) is 13.9. The van der Waals surface area contributed by atoms with Crippen LogP contribution in [0.15, 0.2) is 103 Å². The summed E-state index contributed by atoms with van der Waals surface area (Å²) in [5.41, 5.74) is 6.51. The molecule has 2 unspecified atom stereocenters. The van der Waals surface area contributed by atoms with Crippen molar-refractivity contribution in [3.63, 3.8) is 0 Å². The average Bonchev–Trinajstić information content (AvgIpc) is 3.03. The molecule has 1 heterocycles. The molecule has 0 N–H and O–H groups in total. The molecule has 0 amide bonds. The molecule has 0 radical (unpaired) electrons. The molecule has 0 saturated carbocycles. The Morgan fingerprint density at radius 1 is 0.640 bits per heavy atom. The van der Waals surface area contributed by atoms with E-state index in [1.54, 1.807) is 0 Å². The van der Waals surface area contributed by atoms with Gasteiger partial charge in [0, 0.05) is 17.3 Å². The van der Waals surface area contributed by atoms with Gasteiger partial charge in [0.25, 0.3) is 0 Å². The van der Waals surface area contributed by atoms with E-state index in [4.69, 9.17) is 0 Å². The normalized spacial score (nSPS) is 20.4. The number of benzene rings is 3. The van der Waals surface area contributed by atoms with Crippen LogP contribution in [0.5, 0.6) is 0 Å². The van der Waals surface area contributed by atoms with Gasteiger partial charge in [-0.2, -0.15) is 0 Å². The Morgan fingerprint density at radius 2 is 1.36 bits per heavy atom. The summed E-state index contributed by atoms with van der Waals surface area (Å²) < 4.78 is 0. The van der Waals surface area contributed by atoms with Crippen LogP contribution < -0.4 is 4.90 Å². The highest BCUT2D eigenvalue weighted by Gasteiger charge is 2.37. The molecule has 120 valence electrons. The molecule has 1 nitrogen and oxygen atoms in total. The Kier molecular flexibility index (Phi) is 3.31. The Hall–Kier alpha value is -3.06. The molecule has 0 spiro atoms. The number of hydrogen-bond acceptors (Lipinski definition) is 1. The number of para-hydroxylation sites is 1. The molecule has 5 rings (SSSR count). The maximum atomic E-state index is 2.48. The third kappa shape index (κ3) is 2.32. The third-order valence-electron chi connectivity index (χ3n) is 5.19. The topological polar surface area (TPSA) is 3.24 Å². The number of rotatable bonds is 2. The van der Waals surface area contributed by atoms with Crippen molar-refractivity contribution in [3.8, 4) is 11.1 Å². The zero-order valence-corrected chi connectivity index (χ0v) is 13.9. The predicted octanol–water partition coefficient (Wildman–Crippen LogP) is 6.08. The summed E-state index contributed by atoms with van der Waals surface area (Å²) in [5.74, 6) is 0.421. The third-order valence-corrected chi connectivity index (χ3v) is 5.19. The number of anilines is 2. The molecule has 0 aromatic heterocycles. The number of nitrogens with zero attached hydrogens (tertiary/aromatic N) is 1. The fourth-order valence-electron chi connectivity index (χ4n) is 4.03. The monoisotopic (exact) mass is 321 g/mol. The van der Waals surface area contributed by atoms with Crippen LogP contribution in [-0.2, 0) is 0 Å². The van der Waals surface area contributed by atoms with Crippen molar-refractivity contribution in [2.75, 3.05) is 4.90 Å². The smallest absolute Gasteiger partial charge is 0.0629 e. The fourth-order valence-corrected chi connectivity index (χ4v) is 4.03. The number of hydrogen-bond donors (Lipinski definition) is 0. The van der Waals surface area contributed by atoms with E-state index in [2.05, 4.69) is 108 Å². The fraction of sp³-hybridized carbons (Fsp3) is 0.0833. The Bertz CT molecular complexity index is 954. The van der Waals surface area contributed by atoms with Gasteiger partial charge in [0.1, 0.15) is 0 Å². The van der Waals surface area contributed by atoms with Crippen LogP contribution in [0.1, 0.15) is 11.5 Å². The van der Waals surface area contributed by atoms with Crippen LogP contribution in [-0.4, -0.2) is 6.04 Å². The summed E-state index contributed by atoms with van der Waals surface area (Å²) in [6.07, 6.45) is 8.99. The molecular weight excluding hydrogens is 302 g/mol. The lowest BCUT2D eigenvalue weighted by atomic mass is 9.90. The van der Waals surface area contributed by atoms with E-state index in [1.165, 1.54) is 28.1 Å². The van der Waals surface area contributed by atoms with Gasteiger partial charge in [-0.15, -0.1) is 0 Å². The molecule has 25 heavy (non-hydrogen) atoms. The molecule has 2 atom stereocenters. The van der Waals surface area contributed by atoms with Crippen molar-refractivity contribution in [3.05, 3.63) is 109 Å². The van der Waals surface area contributed by atoms with Gasteiger partial charge in [-0.1, -0.05) is 85.0 Å². The second kappa shape index (κ2) is 5.78. The summed E-state index contributed by atoms with van der Waals surface area (Å²) in [6.45, 7) is 0. The lowest BCUT2D eigenvalue weighted by Gasteiger charge is -2.28. The first kappa shape index (κ1) is 14.3. The van der Waals surface area contributed by atoms with E-state index < -0.39 is 0 Å². The van der Waals surface area contributed by atoms with Gasteiger partial charge in [-0.25, -0.2) is 0 Å². The SMILES string of the molecule is C1=CC2c3ccc(-c4ccccc4)cc3N(c3ccccc3)C2C=C1. The maximum absolute atomic E-state index is 2.48. The quantitative estimate of drug-likeness (QED) is 0.552. The van der Waals surface area contributed by atoms with Crippen LogP contribution in [0.25, 0.3) is 11.1 Å². The summed E-state index contributed by atoms with van der Waals surface area (Å²) >= 11 is 0. The molecule has 0 saturated heterocycles. The zero-order chi connectivity index (χ0) is 16.6. The molecule has 1 aliphatic heterocycles. The number of fused-ring (bicyclic) bond motifs is 3. The van der Waals surface area contributed by atoms with E-state index in [1.807, 2.05) is 0 Å². The minimum atomic E-state index is 0.355. The summed E-state index contributed by atoms with van der Waals surface area (Å²) in [5, 5.41) is 0. The highest BCUT2D eigenvalue weighted by atomic mass is 15.2. The van der Waals surface area contributed by atoms with Gasteiger partial charge in [-0.05, 0) is 34.9 Å². The van der Waals surface area contributed by atoms with E-state index in [0.29, 0.717) is 12.0 Å². The van der Waals surface area contributed by atoms with Crippen molar-refractivity contribution in [1.29, 1.82) is 0 Å². The minimum Gasteiger partial charge on any atom is -0.333 e. The molecule has 2 aliphatic rings. The summed E-state index contributed by atoms with van der Waals surface area (Å²) in [7, 11) is 0. The van der Waals surface area contributed by atoms with Crippen LogP contribution in [0.4, 0.5) is 11.4 Å². The van der Waals surface area contributed by atoms with Gasteiger partial charge in [0.05, 0.1) is 6.04 Å². The van der Waals surface area contributed by atoms with E-state index in [9.17, 15) is 0 Å². The molecule has 3 aromatic rings. The van der Waals surface area contributed by atoms with Crippen molar-refractivity contribution in [1.82, 2.24) is 0 Å². The molecule has 0 bridgehead atoms. The maximum Gasteiger partial charge on any atom is 0.0629 e. The van der Waals surface area contributed by atoms with Crippen molar-refractivity contribution in [2.24, 2.45) is 0 Å². The average molecular weight is 321 g/mol. The first-order valence-electron chi connectivity index (χ1n) is 8.80. The second-order valence-electron chi connectivity index (χ2n) is 6.63. The van der Waals surface area contributed by atoms with Crippen molar-refractivity contribution < 1.29 is 0 Å². The Labute approximate surface area is 148 Å². The van der Waals surface area contributed by atoms with Gasteiger partial charge in [0.15, 0.2) is 0 Å². The molecule has 1 heteroatoms. The van der Waals surface area contributed by atoms with Gasteiger partial charge in [0.2, 0.25) is 0 Å². The molecule has 1 aliphatic carbocycles. The van der Waals surface area contributed by atoms with Crippen molar-refractivity contribution >= 4 is 11.4 Å². The largest absolute Gasteiger partial charge is 0.333 e. The van der Waals surface area contributed by atoms with E-state index >= 15 is 0 Å². The minimum absolute atomic E-state index is 0.355. The van der Waals surface area contributed by atoms with E-state index in [-0.39, 0.29) is 0 Å². The summed E-state index contributed by atoms with van der Waals surface area (Å²) in [6, 6.07) is 28.6. The first-order valence-corrected chi connectivity index (χ1v) is 8.80. The van der Waals surface area contributed by atoms with Crippen LogP contribution in [0, 0.1) is 0 Å². The van der Waals surface area contributed by atoms with Gasteiger partial charge >= 0.3 is 0 Å². The highest BCUT2D eigenvalue weighted by molar-refractivity contribution is 5.80. The lowest BCUT2D eigenvalue weighted by molar-refractivity contribution is 0.745. The highest BCUT2D eigenvalue weighted by Crippen LogP contribution is 2.48. The van der Waals surface area contributed by atoms with Gasteiger partial charge in [-0.3, -0.25) is 0 Å². The predicted molar refractivity (Wildman–Crippen MR) is 105 cm³/mol. The molecule has 0 fully saturated rings. The molecular formula is C24H19N. The van der Waals surface area contributed by atoms with Crippen LogP contribution in [0.3, 0.4) is 0 Å². The molecule has 3 aromatic carbocycles. The van der Waals surface area contributed by atoms with Crippen LogP contribution >= 0.6 is 0 Å². The Balaban J connectivity index is 1.69. The number of allylic oxidation sites excluding steroid dienone is 2. The Morgan fingerprint density at radius 3 is 2.16 bits per heavy atom. The van der Waals surface area contributed by atoms with Crippen molar-refractivity contribution in [2.45, 2.75) is 12.0 Å². The standard InChI is InChI=1S/C24H19N/c1-3-9-18(10-4-1)19-15-16-22-21-13-7-8-14-23(21)25(24(22)17-19)20-11-5-2-6-12-20/h1-17,21,23H. The first-order chi connectivity index (χ1) is 12.4. The van der Waals surface area contributed by atoms with Crippen LogP contribution in [0.2, 0.25) is 0 Å². The second-order valence-corrected chi connectivity index (χ2v) is 6.63. The lowest BCUT2D eigenvalue weighted by Crippen LogP contribution is -2.28. The summed E-state index contributed by atoms with van der Waals surface area (Å²) in [4.78, 5) is 2.48. The van der Waals surface area contributed by atoms with Gasteiger partial charge < -0.3 is 4.90 Å². The van der Waals surface area contributed by atoms with E-state index in [0.717, 1.165) is 0 Å².